The molecule has 3 heterocycles. The summed E-state index contributed by atoms with van der Waals surface area (Å²) in [6.07, 6.45) is 0. The smallest absolute Gasteiger partial charge is 0.164 e. The van der Waals surface area contributed by atoms with E-state index in [1.807, 2.05) is 123 Å². The molecule has 3 aromatic heterocycles. The van der Waals surface area contributed by atoms with Crippen molar-refractivity contribution in [3.8, 4) is 146 Å². The number of pyridine rings is 1. The van der Waals surface area contributed by atoms with Crippen molar-refractivity contribution in [3.63, 3.8) is 0 Å². The molecule has 0 unspecified atom stereocenters. The Morgan fingerprint density at radius 1 is 0.220 bits per heavy atom. The summed E-state index contributed by atoms with van der Waals surface area (Å²) < 4.78 is 12.8. The molecule has 0 radical (unpaired) electrons. The van der Waals surface area contributed by atoms with Gasteiger partial charge in [0.25, 0.3) is 0 Å². The summed E-state index contributed by atoms with van der Waals surface area (Å²) in [5.74, 6) is 3.78. The largest absolute Gasteiger partial charge is 0.319 e. The summed E-state index contributed by atoms with van der Waals surface area (Å²) in [4.78, 5) is 34.5. The SMILES string of the molecule is CP(C)(=O)c1cccc(-c2ccc(-c3ccc(-c4nc(-c5ccccc5)nc(-c5ccccc5)n4)cc3)c3ccccc23)c1.Cc1ccc(-c2cccc(-c3nc(-c4ccccc4)nc(-c4ccc(-c5c(-c6ccccc6)cc(-c6ccccc6)cc5-c5ccccc5)cc4)n3)c2)c(C)n1. The van der Waals surface area contributed by atoms with Crippen molar-refractivity contribution in [2.45, 2.75) is 13.8 Å². The summed E-state index contributed by atoms with van der Waals surface area (Å²) in [5.41, 5.74) is 23.5. The Labute approximate surface area is 583 Å². The molecule has 9 heteroatoms. The number of fused-ring (bicyclic) bond motifs is 1. The summed E-state index contributed by atoms with van der Waals surface area (Å²) in [7, 11) is -2.37. The topological polar surface area (TPSA) is 107 Å². The summed E-state index contributed by atoms with van der Waals surface area (Å²) >= 11 is 0. The molecule has 16 aromatic rings. The molecule has 16 rings (SSSR count). The molecule has 8 nitrogen and oxygen atoms in total. The van der Waals surface area contributed by atoms with Gasteiger partial charge in [0.15, 0.2) is 34.9 Å². The maximum absolute atomic E-state index is 12.8. The van der Waals surface area contributed by atoms with Gasteiger partial charge >= 0.3 is 0 Å². The van der Waals surface area contributed by atoms with Gasteiger partial charge in [-0.2, -0.15) is 0 Å². The van der Waals surface area contributed by atoms with E-state index in [9.17, 15) is 4.57 Å². The fraction of sp³-hybridized carbons (Fsp3) is 0.0440. The standard InChI is InChI=1S/C52H38N4.C39H30N3OP/c1-35-26-31-46(36(2)53-35)43-24-15-25-44(32-43)52-55-50(41-22-13-6-14-23-41)54-51(56-52)42-29-27-40(28-30-42)49-47(38-18-9-4-10-19-38)33-45(37-16-7-3-8-17-37)34-48(49)39-20-11-5-12-21-39;1-44(2,43)32-17-11-16-31(26-32)34-25-24-33(35-18-9-10-19-36(34)35)27-20-22-30(23-21-27)39-41-37(28-12-5-3-6-13-28)40-38(42-39)29-14-7-4-8-15-29/h3-34H,1-2H3;3-26H,1-2H3. The van der Waals surface area contributed by atoms with Crippen LogP contribution in [0, 0.1) is 13.8 Å². The highest BCUT2D eigenvalue weighted by Gasteiger charge is 2.21. The molecule has 0 spiro atoms. The van der Waals surface area contributed by atoms with Crippen LogP contribution >= 0.6 is 7.14 Å². The first kappa shape index (κ1) is 63.6. The van der Waals surface area contributed by atoms with Gasteiger partial charge in [-0.1, -0.05) is 309 Å². The average Bonchev–Trinajstić information content (AvgIpc) is 0.774. The van der Waals surface area contributed by atoms with E-state index in [4.69, 9.17) is 34.9 Å². The highest BCUT2D eigenvalue weighted by Crippen LogP contribution is 2.45. The third kappa shape index (κ3) is 13.8. The molecule has 0 aliphatic carbocycles. The second-order valence-electron chi connectivity index (χ2n) is 25.2. The van der Waals surface area contributed by atoms with Gasteiger partial charge in [0.05, 0.1) is 0 Å². The fourth-order valence-corrected chi connectivity index (χ4v) is 13.8. The maximum atomic E-state index is 12.8. The van der Waals surface area contributed by atoms with E-state index in [0.29, 0.717) is 34.9 Å². The van der Waals surface area contributed by atoms with E-state index in [1.165, 1.54) is 27.8 Å². The van der Waals surface area contributed by atoms with E-state index in [2.05, 4.69) is 244 Å². The lowest BCUT2D eigenvalue weighted by molar-refractivity contribution is 0.588. The minimum atomic E-state index is -2.37. The highest BCUT2D eigenvalue weighted by molar-refractivity contribution is 7.70. The number of hydrogen-bond donors (Lipinski definition) is 0. The Hall–Kier alpha value is -12.5. The van der Waals surface area contributed by atoms with Gasteiger partial charge in [0.1, 0.15) is 7.14 Å². The van der Waals surface area contributed by atoms with Gasteiger partial charge in [0, 0.05) is 55.6 Å². The van der Waals surface area contributed by atoms with Crippen LogP contribution in [0.15, 0.2) is 340 Å². The van der Waals surface area contributed by atoms with Crippen LogP contribution in [0.25, 0.3) is 157 Å². The Kier molecular flexibility index (Phi) is 18.0. The lowest BCUT2D eigenvalue weighted by atomic mass is 9.84. The molecule has 0 fully saturated rings. The fourth-order valence-electron chi connectivity index (χ4n) is 12.9. The van der Waals surface area contributed by atoms with E-state index < -0.39 is 7.14 Å². The molecule has 0 N–H and O–H groups in total. The van der Waals surface area contributed by atoms with Gasteiger partial charge in [-0.25, -0.2) is 29.9 Å². The Morgan fingerprint density at radius 2 is 0.530 bits per heavy atom. The highest BCUT2D eigenvalue weighted by atomic mass is 31.2. The van der Waals surface area contributed by atoms with Crippen LogP contribution < -0.4 is 5.30 Å². The number of hydrogen-bond acceptors (Lipinski definition) is 8. The quantitative estimate of drug-likeness (QED) is 0.0991. The van der Waals surface area contributed by atoms with Crippen LogP contribution in [-0.2, 0) is 4.57 Å². The molecule has 0 atom stereocenters. The molecular weight excluding hydrogens is 1240 g/mol. The van der Waals surface area contributed by atoms with Crippen LogP contribution in [0.5, 0.6) is 0 Å². The number of nitrogens with zero attached hydrogens (tertiary/aromatic N) is 7. The Bertz CT molecular complexity index is 5520. The van der Waals surface area contributed by atoms with Crippen LogP contribution in [0.2, 0.25) is 0 Å². The zero-order chi connectivity index (χ0) is 67.9. The predicted molar refractivity (Wildman–Crippen MR) is 414 cm³/mol. The minimum Gasteiger partial charge on any atom is -0.319 e. The third-order valence-electron chi connectivity index (χ3n) is 18.0. The van der Waals surface area contributed by atoms with Gasteiger partial charge < -0.3 is 4.57 Å². The van der Waals surface area contributed by atoms with Crippen molar-refractivity contribution in [3.05, 3.63) is 351 Å². The summed E-state index contributed by atoms with van der Waals surface area (Å²) in [6.45, 7) is 7.71. The van der Waals surface area contributed by atoms with Crippen LogP contribution in [0.1, 0.15) is 11.4 Å². The monoisotopic (exact) mass is 1310 g/mol. The molecule has 13 aromatic carbocycles. The van der Waals surface area contributed by atoms with Gasteiger partial charge in [-0.15, -0.1) is 0 Å². The molecular formula is C91H68N7OP. The average molecular weight is 1310 g/mol. The molecule has 0 aliphatic heterocycles. The number of aromatic nitrogens is 7. The van der Waals surface area contributed by atoms with E-state index in [-0.39, 0.29) is 0 Å². The van der Waals surface area contributed by atoms with Gasteiger partial charge in [-0.05, 0) is 141 Å². The third-order valence-corrected chi connectivity index (χ3v) is 19.5. The second kappa shape index (κ2) is 28.3. The Balaban J connectivity index is 0.000000167. The van der Waals surface area contributed by atoms with Crippen molar-refractivity contribution in [1.29, 1.82) is 0 Å². The van der Waals surface area contributed by atoms with Gasteiger partial charge in [0.2, 0.25) is 0 Å². The summed E-state index contributed by atoms with van der Waals surface area (Å²) in [5, 5.41) is 3.21. The first-order valence-electron chi connectivity index (χ1n) is 33.5. The second-order valence-corrected chi connectivity index (χ2v) is 28.4. The predicted octanol–water partition coefficient (Wildman–Crippen LogP) is 22.8. The molecule has 0 saturated carbocycles. The lowest BCUT2D eigenvalue weighted by Crippen LogP contribution is -2.02. The van der Waals surface area contributed by atoms with Crippen molar-refractivity contribution in [1.82, 2.24) is 34.9 Å². The normalized spacial score (nSPS) is 11.2. The van der Waals surface area contributed by atoms with E-state index >= 15 is 0 Å². The van der Waals surface area contributed by atoms with Gasteiger partial charge in [-0.3, -0.25) is 4.98 Å². The molecule has 0 amide bonds. The van der Waals surface area contributed by atoms with Crippen molar-refractivity contribution in [2.24, 2.45) is 0 Å². The first-order valence-corrected chi connectivity index (χ1v) is 36.1. The van der Waals surface area contributed by atoms with E-state index in [1.54, 1.807) is 0 Å². The van der Waals surface area contributed by atoms with Crippen LogP contribution in [-0.4, -0.2) is 48.2 Å². The Morgan fingerprint density at radius 3 is 0.960 bits per heavy atom. The van der Waals surface area contributed by atoms with E-state index in [0.717, 1.165) is 111 Å². The van der Waals surface area contributed by atoms with Crippen LogP contribution in [0.4, 0.5) is 0 Å². The zero-order valence-electron chi connectivity index (χ0n) is 55.8. The molecule has 0 bridgehead atoms. The van der Waals surface area contributed by atoms with Crippen molar-refractivity contribution < 1.29 is 4.57 Å². The molecule has 100 heavy (non-hydrogen) atoms. The maximum Gasteiger partial charge on any atom is 0.164 e. The molecule has 0 aliphatic rings. The minimum absolute atomic E-state index is 0.616. The first-order chi connectivity index (χ1) is 49.0. The number of benzene rings is 13. The zero-order valence-corrected chi connectivity index (χ0v) is 56.7. The summed E-state index contributed by atoms with van der Waals surface area (Å²) in [6, 6.07) is 117. The van der Waals surface area contributed by atoms with Crippen LogP contribution in [0.3, 0.4) is 0 Å². The number of rotatable bonds is 14. The van der Waals surface area contributed by atoms with Crippen molar-refractivity contribution in [2.75, 3.05) is 13.3 Å². The molecule has 478 valence electrons. The lowest BCUT2D eigenvalue weighted by Gasteiger charge is -2.19. The molecule has 0 saturated heterocycles. The van der Waals surface area contributed by atoms with Crippen molar-refractivity contribution >= 4 is 23.2 Å². The number of aryl methyl sites for hydroxylation is 2.